The predicted octanol–water partition coefficient (Wildman–Crippen LogP) is 5.33. The summed E-state index contributed by atoms with van der Waals surface area (Å²) >= 11 is 0. The van der Waals surface area contributed by atoms with Crippen LogP contribution in [0.15, 0.2) is 12.1 Å². The number of rotatable bonds is 12. The van der Waals surface area contributed by atoms with Crippen LogP contribution in [-0.4, -0.2) is 22.2 Å². The Morgan fingerprint density at radius 1 is 0.833 bits per heavy atom. The van der Waals surface area contributed by atoms with Crippen molar-refractivity contribution in [1.82, 2.24) is 0 Å². The van der Waals surface area contributed by atoms with Crippen LogP contribution in [0.25, 0.3) is 0 Å². The van der Waals surface area contributed by atoms with Crippen LogP contribution in [0.5, 0.6) is 0 Å². The Bertz CT molecular complexity index is 549. The summed E-state index contributed by atoms with van der Waals surface area (Å²) in [6, 6.07) is 3.22. The fourth-order valence-corrected chi connectivity index (χ4v) is 3.20. The molecule has 0 spiro atoms. The van der Waals surface area contributed by atoms with E-state index in [1.807, 2.05) is 6.92 Å². The van der Waals surface area contributed by atoms with Gasteiger partial charge in [-0.2, -0.15) is 0 Å². The lowest BCUT2D eigenvalue weighted by molar-refractivity contribution is 0.0650. The lowest BCUT2D eigenvalue weighted by atomic mass is 9.91. The predicted molar refractivity (Wildman–Crippen MR) is 96.1 cm³/mol. The number of aryl methyl sites for hydroxylation is 1. The first-order valence-electron chi connectivity index (χ1n) is 9.14. The minimum atomic E-state index is -1.18. The topological polar surface area (TPSA) is 74.6 Å². The molecule has 1 aromatic rings. The highest BCUT2D eigenvalue weighted by Gasteiger charge is 2.21. The van der Waals surface area contributed by atoms with Crippen molar-refractivity contribution in [2.45, 2.75) is 78.1 Å². The van der Waals surface area contributed by atoms with Gasteiger partial charge in [0.05, 0.1) is 11.1 Å². The number of hydrogen-bond acceptors (Lipinski definition) is 2. The van der Waals surface area contributed by atoms with Crippen molar-refractivity contribution >= 4 is 11.9 Å². The molecule has 24 heavy (non-hydrogen) atoms. The molecule has 2 N–H and O–H groups in total. The molecule has 1 aromatic carbocycles. The summed E-state index contributed by atoms with van der Waals surface area (Å²) in [5, 5.41) is 18.6. The van der Waals surface area contributed by atoms with Crippen molar-refractivity contribution in [2.75, 3.05) is 0 Å². The molecule has 4 nitrogen and oxygen atoms in total. The molecule has 134 valence electrons. The maximum atomic E-state index is 11.5. The molecule has 0 unspecified atom stereocenters. The molecule has 0 atom stereocenters. The van der Waals surface area contributed by atoms with Gasteiger partial charge in [0.25, 0.3) is 0 Å². The first kappa shape index (κ1) is 20.2. The number of carbonyl (C=O) groups is 2. The van der Waals surface area contributed by atoms with Crippen LogP contribution in [0.1, 0.15) is 97.1 Å². The quantitative estimate of drug-likeness (QED) is 0.507. The molecule has 0 aliphatic heterocycles. The van der Waals surface area contributed by atoms with E-state index in [2.05, 4.69) is 6.92 Å². The van der Waals surface area contributed by atoms with Gasteiger partial charge in [0.2, 0.25) is 0 Å². The number of carboxylic acid groups (broad SMARTS) is 2. The lowest BCUT2D eigenvalue weighted by Gasteiger charge is -2.13. The molecule has 1 rings (SSSR count). The second kappa shape index (κ2) is 10.8. The maximum Gasteiger partial charge on any atom is 0.336 e. The fourth-order valence-electron chi connectivity index (χ4n) is 3.20. The van der Waals surface area contributed by atoms with Crippen molar-refractivity contribution in [3.05, 3.63) is 34.4 Å². The van der Waals surface area contributed by atoms with Crippen LogP contribution in [-0.2, 0) is 12.8 Å². The van der Waals surface area contributed by atoms with Gasteiger partial charge in [-0.15, -0.1) is 0 Å². The standard InChI is InChI=1S/C20H30O4/c1-3-5-6-7-8-9-10-11-12-15-13-14-17(19(21)22)18(20(23)24)16(15)4-2/h13-14H,3-12H2,1-2H3,(H,21,22)(H,23,24). The van der Waals surface area contributed by atoms with E-state index in [-0.39, 0.29) is 11.1 Å². The summed E-state index contributed by atoms with van der Waals surface area (Å²) in [5.41, 5.74) is 1.50. The summed E-state index contributed by atoms with van der Waals surface area (Å²) < 4.78 is 0. The average Bonchev–Trinajstić information content (AvgIpc) is 2.56. The smallest absolute Gasteiger partial charge is 0.336 e. The number of carboxylic acids is 2. The molecule has 0 bridgehead atoms. The van der Waals surface area contributed by atoms with E-state index in [4.69, 9.17) is 0 Å². The highest BCUT2D eigenvalue weighted by Crippen LogP contribution is 2.23. The van der Waals surface area contributed by atoms with Gasteiger partial charge in [0.1, 0.15) is 0 Å². The maximum absolute atomic E-state index is 11.5. The van der Waals surface area contributed by atoms with Crippen molar-refractivity contribution in [3.8, 4) is 0 Å². The normalized spacial score (nSPS) is 10.8. The number of unbranched alkanes of at least 4 members (excludes halogenated alkanes) is 7. The van der Waals surface area contributed by atoms with Gasteiger partial charge in [-0.3, -0.25) is 0 Å². The molecule has 0 saturated carbocycles. The van der Waals surface area contributed by atoms with Crippen molar-refractivity contribution in [1.29, 1.82) is 0 Å². The largest absolute Gasteiger partial charge is 0.478 e. The monoisotopic (exact) mass is 334 g/mol. The van der Waals surface area contributed by atoms with Gasteiger partial charge in [-0.05, 0) is 36.5 Å². The molecule has 0 heterocycles. The van der Waals surface area contributed by atoms with Crippen LogP contribution in [0.3, 0.4) is 0 Å². The first-order valence-corrected chi connectivity index (χ1v) is 9.14. The lowest BCUT2D eigenvalue weighted by Crippen LogP contribution is -2.13. The second-order valence-electron chi connectivity index (χ2n) is 6.31. The molecule has 0 amide bonds. The minimum Gasteiger partial charge on any atom is -0.478 e. The van der Waals surface area contributed by atoms with E-state index in [9.17, 15) is 19.8 Å². The number of hydrogen-bond donors (Lipinski definition) is 2. The van der Waals surface area contributed by atoms with Crippen molar-refractivity contribution < 1.29 is 19.8 Å². The molecule has 0 aliphatic rings. The molecular weight excluding hydrogens is 304 g/mol. The number of aromatic carboxylic acids is 2. The van der Waals surface area contributed by atoms with E-state index >= 15 is 0 Å². The van der Waals surface area contributed by atoms with Crippen LogP contribution < -0.4 is 0 Å². The Kier molecular flexibility index (Phi) is 9.13. The molecule has 0 fully saturated rings. The minimum absolute atomic E-state index is 0.0398. The summed E-state index contributed by atoms with van der Waals surface area (Å²) in [4.78, 5) is 22.7. The molecular formula is C20H30O4. The Hall–Kier alpha value is -1.84. The van der Waals surface area contributed by atoms with Gasteiger partial charge in [-0.1, -0.05) is 64.9 Å². The van der Waals surface area contributed by atoms with E-state index in [0.717, 1.165) is 24.8 Å². The van der Waals surface area contributed by atoms with E-state index in [1.165, 1.54) is 44.6 Å². The van der Waals surface area contributed by atoms with Crippen LogP contribution in [0.4, 0.5) is 0 Å². The van der Waals surface area contributed by atoms with Crippen molar-refractivity contribution in [2.24, 2.45) is 0 Å². The Labute approximate surface area is 144 Å². The zero-order valence-electron chi connectivity index (χ0n) is 14.9. The highest BCUT2D eigenvalue weighted by atomic mass is 16.4. The molecule has 0 saturated heterocycles. The Balaban J connectivity index is 2.64. The third-order valence-corrected chi connectivity index (χ3v) is 4.51. The van der Waals surface area contributed by atoms with E-state index < -0.39 is 11.9 Å². The zero-order valence-corrected chi connectivity index (χ0v) is 14.9. The van der Waals surface area contributed by atoms with Gasteiger partial charge in [0.15, 0.2) is 0 Å². The second-order valence-corrected chi connectivity index (χ2v) is 6.31. The third kappa shape index (κ3) is 5.99. The fraction of sp³-hybridized carbons (Fsp3) is 0.600. The summed E-state index contributed by atoms with van der Waals surface area (Å²) in [6.45, 7) is 4.09. The van der Waals surface area contributed by atoms with E-state index in [0.29, 0.717) is 12.0 Å². The molecule has 0 aromatic heterocycles. The Morgan fingerprint density at radius 2 is 1.42 bits per heavy atom. The molecule has 4 heteroatoms. The molecule has 0 radical (unpaired) electrons. The van der Waals surface area contributed by atoms with Gasteiger partial charge >= 0.3 is 11.9 Å². The summed E-state index contributed by atoms with van der Waals surface area (Å²) in [6.07, 6.45) is 11.2. The number of benzene rings is 1. The average molecular weight is 334 g/mol. The highest BCUT2D eigenvalue weighted by molar-refractivity contribution is 6.03. The van der Waals surface area contributed by atoms with Gasteiger partial charge in [0, 0.05) is 0 Å². The first-order chi connectivity index (χ1) is 11.5. The summed E-state index contributed by atoms with van der Waals surface area (Å²) in [5.74, 6) is -2.33. The van der Waals surface area contributed by atoms with Crippen LogP contribution >= 0.6 is 0 Å². The molecule has 0 aliphatic carbocycles. The Morgan fingerprint density at radius 3 is 1.92 bits per heavy atom. The van der Waals surface area contributed by atoms with Gasteiger partial charge in [-0.25, -0.2) is 9.59 Å². The van der Waals surface area contributed by atoms with Crippen LogP contribution in [0.2, 0.25) is 0 Å². The van der Waals surface area contributed by atoms with Gasteiger partial charge < -0.3 is 10.2 Å². The van der Waals surface area contributed by atoms with E-state index in [1.54, 1.807) is 6.07 Å². The van der Waals surface area contributed by atoms with Crippen LogP contribution in [0, 0.1) is 0 Å². The summed E-state index contributed by atoms with van der Waals surface area (Å²) in [7, 11) is 0. The zero-order chi connectivity index (χ0) is 17.9. The SMILES string of the molecule is CCCCCCCCCCc1ccc(C(=O)O)c(C(=O)O)c1CC. The van der Waals surface area contributed by atoms with Crippen molar-refractivity contribution in [3.63, 3.8) is 0 Å². The third-order valence-electron chi connectivity index (χ3n) is 4.51.